The molecule has 0 unspecified atom stereocenters. The molecule has 3 amide bonds. The lowest BCUT2D eigenvalue weighted by Gasteiger charge is -2.10. The van der Waals surface area contributed by atoms with E-state index < -0.39 is 11.8 Å². The first-order valence-corrected chi connectivity index (χ1v) is 7.56. The summed E-state index contributed by atoms with van der Waals surface area (Å²) in [6, 6.07) is 13.9. The van der Waals surface area contributed by atoms with E-state index in [-0.39, 0.29) is 12.5 Å². The lowest BCUT2D eigenvalue weighted by atomic mass is 10.2. The van der Waals surface area contributed by atoms with Gasteiger partial charge in [0, 0.05) is 17.3 Å². The van der Waals surface area contributed by atoms with Crippen molar-refractivity contribution < 1.29 is 14.0 Å². The number of fused-ring (bicyclic) bond motifs is 1. The van der Waals surface area contributed by atoms with Gasteiger partial charge in [-0.15, -0.1) is 0 Å². The predicted molar refractivity (Wildman–Crippen MR) is 93.8 cm³/mol. The van der Waals surface area contributed by atoms with Crippen molar-refractivity contribution in [3.63, 3.8) is 0 Å². The second-order valence-electron chi connectivity index (χ2n) is 5.24. The van der Waals surface area contributed by atoms with Crippen molar-refractivity contribution in [2.24, 2.45) is 0 Å². The summed E-state index contributed by atoms with van der Waals surface area (Å²) in [5.41, 5.74) is 1.68. The maximum atomic E-state index is 12.8. The molecule has 3 N–H and O–H groups in total. The lowest BCUT2D eigenvalue weighted by Crippen LogP contribution is -2.35. The minimum Gasteiger partial charge on any atom is -0.329 e. The van der Waals surface area contributed by atoms with Crippen LogP contribution in [0.1, 0.15) is 0 Å². The summed E-state index contributed by atoms with van der Waals surface area (Å²) in [6.07, 6.45) is 1.65. The summed E-state index contributed by atoms with van der Waals surface area (Å²) in [6.45, 7) is -0.212. The zero-order chi connectivity index (χ0) is 17.6. The molecule has 1 heterocycles. The van der Waals surface area contributed by atoms with Crippen molar-refractivity contribution in [3.8, 4) is 0 Å². The van der Waals surface area contributed by atoms with Gasteiger partial charge >= 0.3 is 6.03 Å². The summed E-state index contributed by atoms with van der Waals surface area (Å²) in [5.74, 6) is -0.776. The van der Waals surface area contributed by atoms with Crippen LogP contribution in [0, 0.1) is 5.82 Å². The van der Waals surface area contributed by atoms with E-state index in [1.54, 1.807) is 12.3 Å². The largest absolute Gasteiger partial charge is 0.329 e. The molecule has 3 rings (SSSR count). The number of amides is 3. The molecule has 126 valence electrons. The van der Waals surface area contributed by atoms with Crippen LogP contribution in [0.4, 0.5) is 20.6 Å². The van der Waals surface area contributed by atoms with Crippen LogP contribution in [-0.4, -0.2) is 23.5 Å². The predicted octanol–water partition coefficient (Wildman–Crippen LogP) is 3.13. The van der Waals surface area contributed by atoms with Gasteiger partial charge in [-0.2, -0.15) is 0 Å². The maximum absolute atomic E-state index is 12.8. The van der Waals surface area contributed by atoms with Crippen LogP contribution >= 0.6 is 0 Å². The van der Waals surface area contributed by atoms with Crippen LogP contribution in [0.25, 0.3) is 10.9 Å². The number of pyridine rings is 1. The fraction of sp³-hybridized carbons (Fsp3) is 0.0556. The van der Waals surface area contributed by atoms with Crippen molar-refractivity contribution in [2.45, 2.75) is 0 Å². The number of para-hydroxylation sites is 1. The number of urea groups is 1. The Kier molecular flexibility index (Phi) is 4.84. The van der Waals surface area contributed by atoms with E-state index in [4.69, 9.17) is 0 Å². The Morgan fingerprint density at radius 2 is 1.72 bits per heavy atom. The Morgan fingerprint density at radius 3 is 2.52 bits per heavy atom. The maximum Gasteiger partial charge on any atom is 0.319 e. The average Bonchev–Trinajstić information content (AvgIpc) is 2.62. The molecule has 6 nitrogen and oxygen atoms in total. The fourth-order valence-corrected chi connectivity index (χ4v) is 2.27. The molecule has 0 saturated carbocycles. The number of nitrogens with zero attached hydrogens (tertiary/aromatic N) is 1. The number of anilines is 2. The molecular formula is C18H15FN4O2. The van der Waals surface area contributed by atoms with E-state index in [0.717, 1.165) is 5.39 Å². The standard InChI is InChI=1S/C18H15FN4O2/c19-13-6-8-14(9-7-13)22-18(25)21-11-16(24)23-15-5-1-3-12-4-2-10-20-17(12)15/h1-10H,11H2,(H,23,24)(H2,21,22,25). The highest BCUT2D eigenvalue weighted by Gasteiger charge is 2.08. The van der Waals surface area contributed by atoms with E-state index in [0.29, 0.717) is 16.9 Å². The quantitative estimate of drug-likeness (QED) is 0.683. The van der Waals surface area contributed by atoms with Gasteiger partial charge in [0.1, 0.15) is 5.82 Å². The number of carbonyl (C=O) groups excluding carboxylic acids is 2. The van der Waals surface area contributed by atoms with Crippen molar-refractivity contribution in [1.29, 1.82) is 0 Å². The molecule has 0 fully saturated rings. The summed E-state index contributed by atoms with van der Waals surface area (Å²) in [7, 11) is 0. The van der Waals surface area contributed by atoms with Crippen LogP contribution in [0.2, 0.25) is 0 Å². The van der Waals surface area contributed by atoms with Gasteiger partial charge in [0.25, 0.3) is 0 Å². The third kappa shape index (κ3) is 4.29. The van der Waals surface area contributed by atoms with Gasteiger partial charge in [-0.05, 0) is 36.4 Å². The number of rotatable bonds is 4. The summed E-state index contributed by atoms with van der Waals surface area (Å²) >= 11 is 0. The van der Waals surface area contributed by atoms with E-state index in [9.17, 15) is 14.0 Å². The number of benzene rings is 2. The normalized spacial score (nSPS) is 10.3. The first-order valence-electron chi connectivity index (χ1n) is 7.56. The van der Waals surface area contributed by atoms with Crippen LogP contribution in [0.5, 0.6) is 0 Å². The molecule has 0 aliphatic carbocycles. The number of halogens is 1. The highest BCUT2D eigenvalue weighted by atomic mass is 19.1. The Bertz CT molecular complexity index is 907. The molecule has 0 saturated heterocycles. The van der Waals surface area contributed by atoms with Gasteiger partial charge in [-0.1, -0.05) is 18.2 Å². The highest BCUT2D eigenvalue weighted by molar-refractivity contribution is 6.02. The van der Waals surface area contributed by atoms with Crippen LogP contribution < -0.4 is 16.0 Å². The molecule has 0 atom stereocenters. The smallest absolute Gasteiger partial charge is 0.319 e. The lowest BCUT2D eigenvalue weighted by molar-refractivity contribution is -0.115. The van der Waals surface area contributed by atoms with Crippen molar-refractivity contribution in [2.75, 3.05) is 17.2 Å². The van der Waals surface area contributed by atoms with Gasteiger partial charge in [0.05, 0.1) is 17.7 Å². The Morgan fingerprint density at radius 1 is 0.960 bits per heavy atom. The number of hydrogen-bond donors (Lipinski definition) is 3. The molecule has 25 heavy (non-hydrogen) atoms. The molecule has 7 heteroatoms. The van der Waals surface area contributed by atoms with E-state index in [2.05, 4.69) is 20.9 Å². The van der Waals surface area contributed by atoms with Gasteiger partial charge in [0.2, 0.25) is 5.91 Å². The average molecular weight is 338 g/mol. The number of carbonyl (C=O) groups is 2. The van der Waals surface area contributed by atoms with Crippen molar-refractivity contribution in [1.82, 2.24) is 10.3 Å². The Labute approximate surface area is 143 Å². The van der Waals surface area contributed by atoms with Crippen LogP contribution in [-0.2, 0) is 4.79 Å². The second kappa shape index (κ2) is 7.39. The van der Waals surface area contributed by atoms with E-state index >= 15 is 0 Å². The second-order valence-corrected chi connectivity index (χ2v) is 5.24. The third-order valence-electron chi connectivity index (χ3n) is 3.42. The zero-order valence-corrected chi connectivity index (χ0v) is 13.1. The van der Waals surface area contributed by atoms with Gasteiger partial charge < -0.3 is 16.0 Å². The SMILES string of the molecule is O=C(CNC(=O)Nc1ccc(F)cc1)Nc1cccc2cccnc12. The van der Waals surface area contributed by atoms with Crippen LogP contribution in [0.15, 0.2) is 60.8 Å². The topological polar surface area (TPSA) is 83.1 Å². The number of hydrogen-bond acceptors (Lipinski definition) is 3. The molecular weight excluding hydrogens is 323 g/mol. The van der Waals surface area contributed by atoms with E-state index in [1.807, 2.05) is 24.3 Å². The molecule has 2 aromatic carbocycles. The molecule has 3 aromatic rings. The molecule has 0 aliphatic rings. The van der Waals surface area contributed by atoms with Gasteiger partial charge in [-0.3, -0.25) is 9.78 Å². The molecule has 1 aromatic heterocycles. The highest BCUT2D eigenvalue weighted by Crippen LogP contribution is 2.20. The van der Waals surface area contributed by atoms with Gasteiger partial charge in [0.15, 0.2) is 0 Å². The Hall–Kier alpha value is -3.48. The monoisotopic (exact) mass is 338 g/mol. The number of aromatic nitrogens is 1. The van der Waals surface area contributed by atoms with Crippen LogP contribution in [0.3, 0.4) is 0 Å². The molecule has 0 bridgehead atoms. The van der Waals surface area contributed by atoms with Crippen molar-refractivity contribution in [3.05, 3.63) is 66.6 Å². The minimum atomic E-state index is -0.558. The fourth-order valence-electron chi connectivity index (χ4n) is 2.27. The van der Waals surface area contributed by atoms with Crippen molar-refractivity contribution >= 4 is 34.2 Å². The summed E-state index contributed by atoms with van der Waals surface area (Å²) in [5, 5.41) is 8.57. The summed E-state index contributed by atoms with van der Waals surface area (Å²) in [4.78, 5) is 28.0. The van der Waals surface area contributed by atoms with Gasteiger partial charge in [-0.25, -0.2) is 9.18 Å². The zero-order valence-electron chi connectivity index (χ0n) is 13.1. The minimum absolute atomic E-state index is 0.212. The summed E-state index contributed by atoms with van der Waals surface area (Å²) < 4.78 is 12.8. The molecule has 0 aliphatic heterocycles. The Balaban J connectivity index is 1.55. The third-order valence-corrected chi connectivity index (χ3v) is 3.42. The number of nitrogens with one attached hydrogen (secondary N) is 3. The first kappa shape index (κ1) is 16.4. The molecule has 0 radical (unpaired) electrons. The van der Waals surface area contributed by atoms with E-state index in [1.165, 1.54) is 24.3 Å². The first-order chi connectivity index (χ1) is 12.1. The molecule has 0 spiro atoms.